The Hall–Kier alpha value is -1.61. The average Bonchev–Trinajstić information content (AvgIpc) is 2.54. The van der Waals surface area contributed by atoms with Crippen LogP contribution in [0.2, 0.25) is 0 Å². The van der Waals surface area contributed by atoms with Crippen molar-refractivity contribution >= 4 is 24.0 Å². The summed E-state index contributed by atoms with van der Waals surface area (Å²) in [4.78, 5) is 15.9. The predicted octanol–water partition coefficient (Wildman–Crippen LogP) is 3.11. The lowest BCUT2D eigenvalue weighted by atomic mass is 9.92. The molecule has 1 aliphatic rings. The maximum atomic E-state index is 12.8. The molecule has 0 aromatic carbocycles. The number of carbonyl (C=O) groups excluding carboxylic acids is 1. The number of alkyl halides is 4. The molecule has 1 fully saturated rings. The van der Waals surface area contributed by atoms with Crippen molar-refractivity contribution in [3.63, 3.8) is 0 Å². The van der Waals surface area contributed by atoms with Gasteiger partial charge in [-0.3, -0.25) is 4.79 Å². The summed E-state index contributed by atoms with van der Waals surface area (Å²) >= 11 is 0. The predicted molar refractivity (Wildman–Crippen MR) is 86.7 cm³/mol. The Morgan fingerprint density at radius 1 is 1.48 bits per heavy atom. The summed E-state index contributed by atoms with van der Waals surface area (Å²) in [6.45, 7) is 1.31. The summed E-state index contributed by atoms with van der Waals surface area (Å²) in [5.41, 5.74) is 0.388. The van der Waals surface area contributed by atoms with Crippen LogP contribution < -0.4 is 15.4 Å². The summed E-state index contributed by atoms with van der Waals surface area (Å²) in [6.07, 6.45) is -1.11. The third kappa shape index (κ3) is 6.32. The van der Waals surface area contributed by atoms with Crippen LogP contribution in [0.3, 0.4) is 0 Å². The van der Waals surface area contributed by atoms with E-state index in [0.717, 1.165) is 19.4 Å². The number of carbonyl (C=O) groups is 1. The molecule has 1 saturated heterocycles. The Balaban J connectivity index is 0.00000312. The molecule has 0 unspecified atom stereocenters. The van der Waals surface area contributed by atoms with Crippen LogP contribution in [0.15, 0.2) is 18.3 Å². The van der Waals surface area contributed by atoms with Gasteiger partial charge in [-0.05, 0) is 32.4 Å². The van der Waals surface area contributed by atoms with E-state index in [9.17, 15) is 22.4 Å². The topological polar surface area (TPSA) is 63.2 Å². The maximum Gasteiger partial charge on any atom is 0.340 e. The van der Waals surface area contributed by atoms with E-state index in [1.165, 1.54) is 18.3 Å². The molecule has 0 spiro atoms. The number of hydrogen-bond donors (Lipinski definition) is 2. The maximum absolute atomic E-state index is 12.8. The first-order chi connectivity index (χ1) is 11.3. The van der Waals surface area contributed by atoms with E-state index >= 15 is 0 Å². The van der Waals surface area contributed by atoms with Crippen molar-refractivity contribution in [2.75, 3.05) is 18.5 Å². The molecule has 2 heterocycles. The second-order valence-electron chi connectivity index (χ2n) is 5.80. The molecule has 0 radical (unpaired) electrons. The van der Waals surface area contributed by atoms with Crippen LogP contribution in [-0.4, -0.2) is 42.4 Å². The molecule has 2 N–H and O–H groups in total. The molecule has 0 saturated carbocycles. The summed E-state index contributed by atoms with van der Waals surface area (Å²) in [7, 11) is 0. The summed E-state index contributed by atoms with van der Waals surface area (Å²) in [6, 6.07) is 2.92. The van der Waals surface area contributed by atoms with Gasteiger partial charge in [0.25, 0.3) is 0 Å². The van der Waals surface area contributed by atoms with Crippen molar-refractivity contribution in [2.24, 2.45) is 5.92 Å². The number of rotatable bonds is 6. The Morgan fingerprint density at radius 3 is 2.76 bits per heavy atom. The largest absolute Gasteiger partial charge is 0.471 e. The number of amides is 1. The third-order valence-electron chi connectivity index (χ3n) is 3.73. The number of anilines is 1. The van der Waals surface area contributed by atoms with Crippen LogP contribution >= 0.6 is 12.4 Å². The highest BCUT2D eigenvalue weighted by molar-refractivity contribution is 5.92. The SMILES string of the molecule is C[C@H]1C[C@@H](C(=O)Nc2ccc(OCC(F)(F)C(F)F)nc2)CCN1.Cl. The number of nitrogens with one attached hydrogen (secondary N) is 2. The minimum atomic E-state index is -4.24. The van der Waals surface area contributed by atoms with Gasteiger partial charge in [-0.15, -0.1) is 12.4 Å². The normalized spacial score (nSPS) is 20.7. The van der Waals surface area contributed by atoms with Crippen molar-refractivity contribution in [3.8, 4) is 5.88 Å². The number of nitrogens with zero attached hydrogens (tertiary/aromatic N) is 1. The lowest BCUT2D eigenvalue weighted by Crippen LogP contribution is -2.40. The van der Waals surface area contributed by atoms with Crippen LogP contribution in [0.25, 0.3) is 0 Å². The highest BCUT2D eigenvalue weighted by atomic mass is 35.5. The van der Waals surface area contributed by atoms with E-state index in [1.54, 1.807) is 0 Å². The second-order valence-corrected chi connectivity index (χ2v) is 5.80. The zero-order valence-corrected chi connectivity index (χ0v) is 14.3. The van der Waals surface area contributed by atoms with Gasteiger partial charge in [0.2, 0.25) is 11.8 Å². The Morgan fingerprint density at radius 2 is 2.20 bits per heavy atom. The van der Waals surface area contributed by atoms with Gasteiger partial charge in [0.15, 0.2) is 6.61 Å². The zero-order chi connectivity index (χ0) is 17.7. The fourth-order valence-corrected chi connectivity index (χ4v) is 2.39. The van der Waals surface area contributed by atoms with Crippen LogP contribution in [-0.2, 0) is 4.79 Å². The zero-order valence-electron chi connectivity index (χ0n) is 13.5. The number of halogens is 5. The van der Waals surface area contributed by atoms with Gasteiger partial charge in [0, 0.05) is 18.0 Å². The lowest BCUT2D eigenvalue weighted by molar-refractivity contribution is -0.148. The van der Waals surface area contributed by atoms with E-state index in [-0.39, 0.29) is 36.2 Å². The van der Waals surface area contributed by atoms with E-state index in [4.69, 9.17) is 0 Å². The highest BCUT2D eigenvalue weighted by Gasteiger charge is 2.41. The van der Waals surface area contributed by atoms with Gasteiger partial charge in [0.05, 0.1) is 11.9 Å². The van der Waals surface area contributed by atoms with Crippen molar-refractivity contribution < 1.29 is 27.1 Å². The van der Waals surface area contributed by atoms with E-state index in [1.807, 2.05) is 6.92 Å². The Bertz CT molecular complexity index is 560. The lowest BCUT2D eigenvalue weighted by Gasteiger charge is -2.27. The summed E-state index contributed by atoms with van der Waals surface area (Å²) < 4.78 is 54.1. The average molecular weight is 386 g/mol. The Labute approximate surface area is 148 Å². The van der Waals surface area contributed by atoms with Crippen LogP contribution in [0.5, 0.6) is 5.88 Å². The molecule has 0 bridgehead atoms. The summed E-state index contributed by atoms with van der Waals surface area (Å²) in [5.74, 6) is -4.70. The second kappa shape index (κ2) is 9.19. The van der Waals surface area contributed by atoms with Crippen LogP contribution in [0, 0.1) is 5.92 Å². The number of ether oxygens (including phenoxy) is 1. The molecule has 1 amide bonds. The third-order valence-corrected chi connectivity index (χ3v) is 3.73. The van der Waals surface area contributed by atoms with E-state index < -0.39 is 19.0 Å². The molecule has 25 heavy (non-hydrogen) atoms. The van der Waals surface area contributed by atoms with Gasteiger partial charge in [-0.2, -0.15) is 8.78 Å². The van der Waals surface area contributed by atoms with Crippen molar-refractivity contribution in [1.82, 2.24) is 10.3 Å². The van der Waals surface area contributed by atoms with Gasteiger partial charge in [0.1, 0.15) is 0 Å². The Kier molecular flexibility index (Phi) is 7.88. The molecule has 5 nitrogen and oxygen atoms in total. The molecule has 1 aromatic rings. The highest BCUT2D eigenvalue weighted by Crippen LogP contribution is 2.24. The fraction of sp³-hybridized carbons (Fsp3) is 0.600. The standard InChI is InChI=1S/C15H19F4N3O2.ClH/c1-9-6-10(4-5-20-9)13(23)22-11-2-3-12(21-7-11)24-8-15(18,19)14(16)17;/h2-3,7,9-10,14,20H,4-6,8H2,1H3,(H,22,23);1H/t9-,10-;/m0./s1. The molecule has 2 rings (SSSR count). The first-order valence-electron chi connectivity index (χ1n) is 7.57. The van der Waals surface area contributed by atoms with Gasteiger partial charge < -0.3 is 15.4 Å². The van der Waals surface area contributed by atoms with Crippen molar-refractivity contribution in [1.29, 1.82) is 0 Å². The van der Waals surface area contributed by atoms with Gasteiger partial charge in [-0.1, -0.05) is 0 Å². The van der Waals surface area contributed by atoms with Crippen LogP contribution in [0.4, 0.5) is 23.2 Å². The number of hydrogen-bond acceptors (Lipinski definition) is 4. The molecule has 1 aliphatic heterocycles. The van der Waals surface area contributed by atoms with Crippen molar-refractivity contribution in [3.05, 3.63) is 18.3 Å². The number of pyridine rings is 1. The number of piperidine rings is 1. The van der Waals surface area contributed by atoms with E-state index in [0.29, 0.717) is 5.69 Å². The van der Waals surface area contributed by atoms with Gasteiger partial charge in [-0.25, -0.2) is 13.8 Å². The fourth-order valence-electron chi connectivity index (χ4n) is 2.39. The first-order valence-corrected chi connectivity index (χ1v) is 7.57. The van der Waals surface area contributed by atoms with Gasteiger partial charge >= 0.3 is 12.3 Å². The van der Waals surface area contributed by atoms with Crippen LogP contribution in [0.1, 0.15) is 19.8 Å². The molecule has 1 aromatic heterocycles. The first kappa shape index (κ1) is 21.4. The van der Waals surface area contributed by atoms with E-state index in [2.05, 4.69) is 20.4 Å². The minimum absolute atomic E-state index is 0. The molecule has 2 atom stereocenters. The number of aromatic nitrogens is 1. The minimum Gasteiger partial charge on any atom is -0.471 e. The molecule has 142 valence electrons. The molecule has 10 heteroatoms. The smallest absolute Gasteiger partial charge is 0.340 e. The molecular formula is C15H20ClF4N3O2. The monoisotopic (exact) mass is 385 g/mol. The molecule has 0 aliphatic carbocycles. The molecular weight excluding hydrogens is 366 g/mol. The summed E-state index contributed by atoms with van der Waals surface area (Å²) in [5, 5.41) is 5.95. The quantitative estimate of drug-likeness (QED) is 0.739. The van der Waals surface area contributed by atoms with Crippen molar-refractivity contribution in [2.45, 2.75) is 38.2 Å².